The Bertz CT molecular complexity index is 209. The molecule has 0 bridgehead atoms. The SMILES string of the molecule is C=CCCOC(C)C(=O)NCC(C)(C)N. The highest BCUT2D eigenvalue weighted by atomic mass is 16.5. The summed E-state index contributed by atoms with van der Waals surface area (Å²) in [5.41, 5.74) is 5.34. The molecule has 0 saturated heterocycles. The highest BCUT2D eigenvalue weighted by Crippen LogP contribution is 1.96. The van der Waals surface area contributed by atoms with Gasteiger partial charge >= 0.3 is 0 Å². The summed E-state index contributed by atoms with van der Waals surface area (Å²) in [5, 5.41) is 2.73. The fourth-order valence-corrected chi connectivity index (χ4v) is 0.862. The molecule has 0 aliphatic carbocycles. The van der Waals surface area contributed by atoms with Gasteiger partial charge in [-0.05, 0) is 27.2 Å². The van der Waals surface area contributed by atoms with Crippen molar-refractivity contribution >= 4 is 5.91 Å². The fraction of sp³-hybridized carbons (Fsp3) is 0.727. The van der Waals surface area contributed by atoms with E-state index >= 15 is 0 Å². The van der Waals surface area contributed by atoms with Crippen LogP contribution < -0.4 is 11.1 Å². The van der Waals surface area contributed by atoms with Gasteiger partial charge in [-0.1, -0.05) is 6.08 Å². The van der Waals surface area contributed by atoms with Gasteiger partial charge in [0, 0.05) is 12.1 Å². The minimum absolute atomic E-state index is 0.127. The van der Waals surface area contributed by atoms with Crippen molar-refractivity contribution in [1.82, 2.24) is 5.32 Å². The molecule has 0 aromatic heterocycles. The quantitative estimate of drug-likeness (QED) is 0.487. The van der Waals surface area contributed by atoms with E-state index in [4.69, 9.17) is 10.5 Å². The van der Waals surface area contributed by atoms with Crippen molar-refractivity contribution in [3.8, 4) is 0 Å². The third-order valence-corrected chi connectivity index (χ3v) is 1.78. The molecule has 0 aromatic carbocycles. The summed E-state index contributed by atoms with van der Waals surface area (Å²) in [5.74, 6) is -0.127. The third kappa shape index (κ3) is 8.15. The topological polar surface area (TPSA) is 64.3 Å². The zero-order valence-electron chi connectivity index (χ0n) is 9.88. The van der Waals surface area contributed by atoms with Gasteiger partial charge in [0.2, 0.25) is 5.91 Å². The normalized spacial score (nSPS) is 13.3. The van der Waals surface area contributed by atoms with E-state index in [1.807, 2.05) is 13.8 Å². The van der Waals surface area contributed by atoms with Crippen LogP contribution in [-0.4, -0.2) is 30.7 Å². The molecule has 4 nitrogen and oxygen atoms in total. The molecule has 0 aliphatic heterocycles. The predicted molar refractivity (Wildman–Crippen MR) is 61.5 cm³/mol. The van der Waals surface area contributed by atoms with Crippen LogP contribution in [0, 0.1) is 0 Å². The number of amides is 1. The summed E-state index contributed by atoms with van der Waals surface area (Å²) in [6.45, 7) is 9.98. The van der Waals surface area contributed by atoms with Gasteiger partial charge in [-0.15, -0.1) is 6.58 Å². The number of hydrogen-bond acceptors (Lipinski definition) is 3. The Morgan fingerprint density at radius 3 is 2.73 bits per heavy atom. The van der Waals surface area contributed by atoms with E-state index < -0.39 is 11.6 Å². The summed E-state index contributed by atoms with van der Waals surface area (Å²) in [4.78, 5) is 11.5. The number of carbonyl (C=O) groups excluding carboxylic acids is 1. The lowest BCUT2D eigenvalue weighted by atomic mass is 10.1. The second-order valence-corrected chi connectivity index (χ2v) is 4.30. The first kappa shape index (κ1) is 14.1. The maximum atomic E-state index is 11.5. The van der Waals surface area contributed by atoms with Crippen LogP contribution in [0.25, 0.3) is 0 Å². The van der Waals surface area contributed by atoms with Crippen molar-refractivity contribution in [1.29, 1.82) is 0 Å². The minimum atomic E-state index is -0.438. The monoisotopic (exact) mass is 214 g/mol. The van der Waals surface area contributed by atoms with E-state index in [0.29, 0.717) is 13.2 Å². The van der Waals surface area contributed by atoms with Crippen LogP contribution in [0.15, 0.2) is 12.7 Å². The molecule has 0 radical (unpaired) electrons. The van der Waals surface area contributed by atoms with E-state index in [1.54, 1.807) is 13.0 Å². The number of nitrogens with two attached hydrogens (primary N) is 1. The maximum Gasteiger partial charge on any atom is 0.248 e. The standard InChI is InChI=1S/C11H22N2O2/c1-5-6-7-15-9(2)10(14)13-8-11(3,4)12/h5,9H,1,6-8,12H2,2-4H3,(H,13,14). The van der Waals surface area contributed by atoms with Gasteiger partial charge in [0.1, 0.15) is 6.10 Å². The maximum absolute atomic E-state index is 11.5. The molecule has 0 rings (SSSR count). The number of ether oxygens (including phenoxy) is 1. The average molecular weight is 214 g/mol. The Hall–Kier alpha value is -0.870. The van der Waals surface area contributed by atoms with E-state index in [0.717, 1.165) is 6.42 Å². The average Bonchev–Trinajstić information content (AvgIpc) is 2.13. The summed E-state index contributed by atoms with van der Waals surface area (Å²) < 4.78 is 5.29. The second-order valence-electron chi connectivity index (χ2n) is 4.30. The van der Waals surface area contributed by atoms with E-state index in [9.17, 15) is 4.79 Å². The molecule has 1 atom stereocenters. The van der Waals surface area contributed by atoms with Gasteiger partial charge in [-0.3, -0.25) is 4.79 Å². The first-order valence-corrected chi connectivity index (χ1v) is 5.16. The van der Waals surface area contributed by atoms with Crippen LogP contribution in [0.5, 0.6) is 0 Å². The lowest BCUT2D eigenvalue weighted by molar-refractivity contribution is -0.131. The summed E-state index contributed by atoms with van der Waals surface area (Å²) in [6.07, 6.45) is 2.07. The molecular weight excluding hydrogens is 192 g/mol. The number of hydrogen-bond donors (Lipinski definition) is 2. The minimum Gasteiger partial charge on any atom is -0.368 e. The zero-order chi connectivity index (χ0) is 11.9. The molecule has 0 aliphatic rings. The van der Waals surface area contributed by atoms with Gasteiger partial charge in [0.25, 0.3) is 0 Å². The molecule has 1 amide bonds. The molecule has 0 aromatic rings. The molecule has 0 saturated carbocycles. The van der Waals surface area contributed by atoms with Crippen molar-refractivity contribution in [3.05, 3.63) is 12.7 Å². The van der Waals surface area contributed by atoms with Crippen LogP contribution in [0.1, 0.15) is 27.2 Å². The van der Waals surface area contributed by atoms with E-state index in [-0.39, 0.29) is 5.91 Å². The van der Waals surface area contributed by atoms with Gasteiger partial charge in [0.05, 0.1) is 6.61 Å². The molecule has 15 heavy (non-hydrogen) atoms. The van der Waals surface area contributed by atoms with E-state index in [1.165, 1.54) is 0 Å². The Kier molecular flexibility index (Phi) is 6.20. The zero-order valence-corrected chi connectivity index (χ0v) is 9.88. The van der Waals surface area contributed by atoms with Crippen molar-refractivity contribution in [2.24, 2.45) is 5.73 Å². The number of carbonyl (C=O) groups is 1. The summed E-state index contributed by atoms with van der Waals surface area (Å²) >= 11 is 0. The van der Waals surface area contributed by atoms with Crippen molar-refractivity contribution in [2.75, 3.05) is 13.2 Å². The molecule has 88 valence electrons. The van der Waals surface area contributed by atoms with Crippen LogP contribution >= 0.6 is 0 Å². The van der Waals surface area contributed by atoms with E-state index in [2.05, 4.69) is 11.9 Å². The Labute approximate surface area is 91.9 Å². The second kappa shape index (κ2) is 6.58. The molecular formula is C11H22N2O2. The smallest absolute Gasteiger partial charge is 0.248 e. The molecule has 0 heterocycles. The van der Waals surface area contributed by atoms with Crippen molar-refractivity contribution in [3.63, 3.8) is 0 Å². The van der Waals surface area contributed by atoms with Gasteiger partial charge < -0.3 is 15.8 Å². The third-order valence-electron chi connectivity index (χ3n) is 1.78. The fourth-order valence-electron chi connectivity index (χ4n) is 0.862. The van der Waals surface area contributed by atoms with Crippen LogP contribution in [0.2, 0.25) is 0 Å². The molecule has 0 fully saturated rings. The summed E-state index contributed by atoms with van der Waals surface area (Å²) in [6, 6.07) is 0. The van der Waals surface area contributed by atoms with Crippen molar-refractivity contribution < 1.29 is 9.53 Å². The Morgan fingerprint density at radius 1 is 1.67 bits per heavy atom. The van der Waals surface area contributed by atoms with Crippen LogP contribution in [-0.2, 0) is 9.53 Å². The summed E-state index contributed by atoms with van der Waals surface area (Å²) in [7, 11) is 0. The van der Waals surface area contributed by atoms with Gasteiger partial charge in [0.15, 0.2) is 0 Å². The molecule has 0 spiro atoms. The lowest BCUT2D eigenvalue weighted by Gasteiger charge is -2.20. The highest BCUT2D eigenvalue weighted by molar-refractivity contribution is 5.80. The van der Waals surface area contributed by atoms with Crippen molar-refractivity contribution in [2.45, 2.75) is 38.8 Å². The molecule has 4 heteroatoms. The molecule has 1 unspecified atom stereocenters. The Balaban J connectivity index is 3.74. The largest absolute Gasteiger partial charge is 0.368 e. The van der Waals surface area contributed by atoms with Gasteiger partial charge in [-0.2, -0.15) is 0 Å². The van der Waals surface area contributed by atoms with Crippen LogP contribution in [0.3, 0.4) is 0 Å². The first-order valence-electron chi connectivity index (χ1n) is 5.16. The molecule has 3 N–H and O–H groups in total. The lowest BCUT2D eigenvalue weighted by Crippen LogP contribution is -2.47. The predicted octanol–water partition coefficient (Wildman–Crippen LogP) is 0.821. The highest BCUT2D eigenvalue weighted by Gasteiger charge is 2.16. The first-order chi connectivity index (χ1) is 6.87. The van der Waals surface area contributed by atoms with Gasteiger partial charge in [-0.25, -0.2) is 0 Å². The number of nitrogens with one attached hydrogen (secondary N) is 1. The number of rotatable bonds is 7. The van der Waals surface area contributed by atoms with Crippen LogP contribution in [0.4, 0.5) is 0 Å². The Morgan fingerprint density at radius 2 is 2.27 bits per heavy atom.